The van der Waals surface area contributed by atoms with Gasteiger partial charge in [0.2, 0.25) is 0 Å². The second kappa shape index (κ2) is 6.15. The third-order valence-corrected chi connectivity index (χ3v) is 4.63. The van der Waals surface area contributed by atoms with Gasteiger partial charge in [-0.15, -0.1) is 0 Å². The first-order chi connectivity index (χ1) is 9.95. The van der Waals surface area contributed by atoms with E-state index in [0.717, 1.165) is 11.3 Å². The number of para-hydroxylation sites is 1. The minimum atomic E-state index is -3.68. The predicted molar refractivity (Wildman–Crippen MR) is 79.5 cm³/mol. The van der Waals surface area contributed by atoms with Gasteiger partial charge in [-0.2, -0.15) is 0 Å². The van der Waals surface area contributed by atoms with Gasteiger partial charge in [-0.25, -0.2) is 18.1 Å². The fourth-order valence-electron chi connectivity index (χ4n) is 2.06. The predicted octanol–water partition coefficient (Wildman–Crippen LogP) is 0.532. The molecule has 1 heterocycles. The van der Waals surface area contributed by atoms with Crippen LogP contribution >= 0.6 is 0 Å². The lowest BCUT2D eigenvalue weighted by Crippen LogP contribution is -2.28. The maximum Gasteiger partial charge on any atom is 0.260 e. The Morgan fingerprint density at radius 3 is 2.71 bits per heavy atom. The summed E-state index contributed by atoms with van der Waals surface area (Å²) in [6, 6.07) is 7.48. The lowest BCUT2D eigenvalue weighted by atomic mass is 10.1. The highest BCUT2D eigenvalue weighted by molar-refractivity contribution is 7.89. The van der Waals surface area contributed by atoms with Gasteiger partial charge in [-0.1, -0.05) is 18.2 Å². The highest BCUT2D eigenvalue weighted by atomic mass is 32.2. The van der Waals surface area contributed by atoms with Crippen molar-refractivity contribution in [2.24, 2.45) is 7.05 Å². The summed E-state index contributed by atoms with van der Waals surface area (Å²) in [6.07, 6.45) is 1.88. The number of ether oxygens (including phenoxy) is 1. The van der Waals surface area contributed by atoms with Gasteiger partial charge in [0.05, 0.1) is 13.4 Å². The SMILES string of the molecule is COc1ccccc1CCNS(=O)(=O)c1c(N)ncn1C. The van der Waals surface area contributed by atoms with Gasteiger partial charge >= 0.3 is 0 Å². The Labute approximate surface area is 123 Å². The summed E-state index contributed by atoms with van der Waals surface area (Å²) >= 11 is 0. The molecule has 1 aromatic heterocycles. The van der Waals surface area contributed by atoms with Crippen molar-refractivity contribution >= 4 is 15.8 Å². The maximum atomic E-state index is 12.2. The second-order valence-electron chi connectivity index (χ2n) is 4.51. The van der Waals surface area contributed by atoms with Gasteiger partial charge in [0.15, 0.2) is 10.8 Å². The lowest BCUT2D eigenvalue weighted by Gasteiger charge is -2.10. The molecule has 21 heavy (non-hydrogen) atoms. The number of nitrogens with one attached hydrogen (secondary N) is 1. The summed E-state index contributed by atoms with van der Waals surface area (Å²) in [5.74, 6) is 0.721. The molecule has 0 bridgehead atoms. The van der Waals surface area contributed by atoms with Crippen molar-refractivity contribution in [1.82, 2.24) is 14.3 Å². The molecule has 0 aliphatic carbocycles. The van der Waals surface area contributed by atoms with Crippen LogP contribution in [0.5, 0.6) is 5.75 Å². The molecule has 1 aromatic carbocycles. The van der Waals surface area contributed by atoms with E-state index in [1.165, 1.54) is 10.9 Å². The van der Waals surface area contributed by atoms with Crippen molar-refractivity contribution in [3.05, 3.63) is 36.2 Å². The van der Waals surface area contributed by atoms with E-state index in [1.54, 1.807) is 14.2 Å². The zero-order valence-electron chi connectivity index (χ0n) is 11.9. The number of nitrogens with two attached hydrogens (primary N) is 1. The Kier molecular flexibility index (Phi) is 4.49. The molecule has 3 N–H and O–H groups in total. The molecule has 0 amide bonds. The van der Waals surface area contributed by atoms with E-state index in [0.29, 0.717) is 6.42 Å². The normalized spacial score (nSPS) is 11.5. The second-order valence-corrected chi connectivity index (χ2v) is 6.19. The standard InChI is InChI=1S/C13H18N4O3S/c1-17-9-15-12(14)13(17)21(18,19)16-8-7-10-5-3-4-6-11(10)20-2/h3-6,9,16H,7-8,14H2,1-2H3. The number of nitrogens with zero attached hydrogens (tertiary/aromatic N) is 2. The first-order valence-electron chi connectivity index (χ1n) is 6.34. The van der Waals surface area contributed by atoms with Crippen molar-refractivity contribution in [2.45, 2.75) is 11.4 Å². The molecular formula is C13H18N4O3S. The summed E-state index contributed by atoms with van der Waals surface area (Å²) in [4.78, 5) is 3.78. The average Bonchev–Trinajstić information content (AvgIpc) is 2.79. The van der Waals surface area contributed by atoms with Crippen LogP contribution in [0, 0.1) is 0 Å². The molecule has 7 nitrogen and oxygen atoms in total. The molecule has 0 spiro atoms. The summed E-state index contributed by atoms with van der Waals surface area (Å²) in [7, 11) is -0.519. The van der Waals surface area contributed by atoms with E-state index in [4.69, 9.17) is 10.5 Å². The third kappa shape index (κ3) is 3.34. The Morgan fingerprint density at radius 2 is 2.10 bits per heavy atom. The zero-order chi connectivity index (χ0) is 15.5. The molecule has 0 aliphatic heterocycles. The Balaban J connectivity index is 2.06. The van der Waals surface area contributed by atoms with E-state index < -0.39 is 10.0 Å². The molecule has 0 unspecified atom stereocenters. The number of imidazole rings is 1. The van der Waals surface area contributed by atoms with Crippen LogP contribution in [0.4, 0.5) is 5.82 Å². The van der Waals surface area contributed by atoms with E-state index in [-0.39, 0.29) is 17.4 Å². The van der Waals surface area contributed by atoms with Crippen LogP contribution in [0.25, 0.3) is 0 Å². The average molecular weight is 310 g/mol. The zero-order valence-corrected chi connectivity index (χ0v) is 12.7. The molecule has 0 aliphatic rings. The summed E-state index contributed by atoms with van der Waals surface area (Å²) in [6.45, 7) is 0.243. The number of hydrogen-bond donors (Lipinski definition) is 2. The summed E-state index contributed by atoms with van der Waals surface area (Å²) in [5, 5.41) is -0.0254. The Morgan fingerprint density at radius 1 is 1.38 bits per heavy atom. The van der Waals surface area contributed by atoms with Crippen LogP contribution in [0.2, 0.25) is 0 Å². The number of aromatic nitrogens is 2. The quantitative estimate of drug-likeness (QED) is 0.811. The number of rotatable bonds is 6. The van der Waals surface area contributed by atoms with Crippen LogP contribution < -0.4 is 15.2 Å². The topological polar surface area (TPSA) is 99.2 Å². The third-order valence-electron chi connectivity index (χ3n) is 3.04. The monoisotopic (exact) mass is 310 g/mol. The lowest BCUT2D eigenvalue weighted by molar-refractivity contribution is 0.409. The number of methoxy groups -OCH3 is 1. The van der Waals surface area contributed by atoms with Crippen LogP contribution in [0.15, 0.2) is 35.6 Å². The first kappa shape index (κ1) is 15.3. The van der Waals surface area contributed by atoms with Gasteiger partial charge in [-0.3, -0.25) is 0 Å². The molecule has 0 atom stereocenters. The maximum absolute atomic E-state index is 12.2. The van der Waals surface area contributed by atoms with E-state index in [1.807, 2.05) is 24.3 Å². The first-order valence-corrected chi connectivity index (χ1v) is 7.82. The molecule has 2 aromatic rings. The fraction of sp³-hybridized carbons (Fsp3) is 0.308. The summed E-state index contributed by atoms with van der Waals surface area (Å²) in [5.41, 5.74) is 6.52. The number of hydrogen-bond acceptors (Lipinski definition) is 5. The van der Waals surface area contributed by atoms with Crippen molar-refractivity contribution in [2.75, 3.05) is 19.4 Å². The van der Waals surface area contributed by atoms with Crippen molar-refractivity contribution in [3.63, 3.8) is 0 Å². The van der Waals surface area contributed by atoms with Crippen LogP contribution in [-0.2, 0) is 23.5 Å². The number of nitrogen functional groups attached to an aromatic ring is 1. The van der Waals surface area contributed by atoms with Crippen molar-refractivity contribution in [1.29, 1.82) is 0 Å². The molecule has 0 saturated heterocycles. The van der Waals surface area contributed by atoms with Crippen LogP contribution in [0.1, 0.15) is 5.56 Å². The molecule has 2 rings (SSSR count). The number of sulfonamides is 1. The molecular weight excluding hydrogens is 292 g/mol. The van der Waals surface area contributed by atoms with E-state index in [2.05, 4.69) is 9.71 Å². The fourth-order valence-corrected chi connectivity index (χ4v) is 3.32. The minimum Gasteiger partial charge on any atom is -0.496 e. The molecule has 0 fully saturated rings. The van der Waals surface area contributed by atoms with Gasteiger partial charge in [0, 0.05) is 13.6 Å². The minimum absolute atomic E-state index is 0.0118. The molecule has 114 valence electrons. The number of anilines is 1. The highest BCUT2D eigenvalue weighted by Gasteiger charge is 2.21. The molecule has 0 saturated carbocycles. The van der Waals surface area contributed by atoms with Gasteiger partial charge < -0.3 is 15.0 Å². The Hall–Kier alpha value is -2.06. The van der Waals surface area contributed by atoms with Gasteiger partial charge in [0.25, 0.3) is 10.0 Å². The van der Waals surface area contributed by atoms with Gasteiger partial charge in [0.1, 0.15) is 5.75 Å². The molecule has 0 radical (unpaired) electrons. The smallest absolute Gasteiger partial charge is 0.260 e. The van der Waals surface area contributed by atoms with Gasteiger partial charge in [-0.05, 0) is 18.1 Å². The largest absolute Gasteiger partial charge is 0.496 e. The van der Waals surface area contributed by atoms with E-state index >= 15 is 0 Å². The van der Waals surface area contributed by atoms with Crippen molar-refractivity contribution < 1.29 is 13.2 Å². The van der Waals surface area contributed by atoms with Crippen molar-refractivity contribution in [3.8, 4) is 5.75 Å². The van der Waals surface area contributed by atoms with E-state index in [9.17, 15) is 8.42 Å². The van der Waals surface area contributed by atoms with Crippen LogP contribution in [0.3, 0.4) is 0 Å². The summed E-state index contributed by atoms with van der Waals surface area (Å²) < 4.78 is 33.5. The molecule has 8 heteroatoms. The Bertz CT molecular complexity index is 705. The highest BCUT2D eigenvalue weighted by Crippen LogP contribution is 2.18. The number of aryl methyl sites for hydroxylation is 1. The number of benzene rings is 1. The van der Waals surface area contributed by atoms with Crippen LogP contribution in [-0.4, -0.2) is 31.6 Å².